The Kier molecular flexibility index (Phi) is 4.98. The van der Waals surface area contributed by atoms with Crippen LogP contribution in [0.2, 0.25) is 0 Å². The van der Waals surface area contributed by atoms with Gasteiger partial charge < -0.3 is 15.4 Å². The summed E-state index contributed by atoms with van der Waals surface area (Å²) in [5, 5.41) is 4.78. The molecule has 1 unspecified atom stereocenters. The smallest absolute Gasteiger partial charge is 0.375 e. The summed E-state index contributed by atoms with van der Waals surface area (Å²) in [6, 6.07) is -0.0334. The van der Waals surface area contributed by atoms with Gasteiger partial charge in [-0.2, -0.15) is 13.2 Å². The molecule has 0 saturated carbocycles. The molecule has 0 aromatic carbocycles. The summed E-state index contributed by atoms with van der Waals surface area (Å²) in [5.74, 6) is -0.415. The van der Waals surface area contributed by atoms with E-state index in [2.05, 4.69) is 10.6 Å². The highest BCUT2D eigenvalue weighted by Gasteiger charge is 2.30. The SMILES string of the molecule is CC1(C)CC(NC(=O)CNCC(F)(F)F)CCO1. The van der Waals surface area contributed by atoms with E-state index >= 15 is 0 Å². The zero-order chi connectivity index (χ0) is 13.8. The van der Waals surface area contributed by atoms with Crippen molar-refractivity contribution in [2.45, 2.75) is 44.5 Å². The average molecular weight is 268 g/mol. The Labute approximate surface area is 104 Å². The maximum atomic E-state index is 11.9. The summed E-state index contributed by atoms with van der Waals surface area (Å²) < 4.78 is 41.1. The Morgan fingerprint density at radius 2 is 2.11 bits per heavy atom. The summed E-state index contributed by atoms with van der Waals surface area (Å²) >= 11 is 0. The number of hydrogen-bond acceptors (Lipinski definition) is 3. The highest BCUT2D eigenvalue weighted by molar-refractivity contribution is 5.78. The molecule has 1 rings (SSSR count). The molecule has 0 aliphatic carbocycles. The molecule has 2 N–H and O–H groups in total. The van der Waals surface area contributed by atoms with Crippen LogP contribution in [-0.4, -0.2) is 43.4 Å². The van der Waals surface area contributed by atoms with Gasteiger partial charge in [0.2, 0.25) is 5.91 Å². The normalized spacial score (nSPS) is 23.7. The minimum atomic E-state index is -4.29. The lowest BCUT2D eigenvalue weighted by molar-refractivity contribution is -0.129. The molecule has 4 nitrogen and oxygen atoms in total. The molecule has 1 aliphatic rings. The number of rotatable bonds is 4. The highest BCUT2D eigenvalue weighted by atomic mass is 19.4. The van der Waals surface area contributed by atoms with Crippen LogP contribution in [0.1, 0.15) is 26.7 Å². The van der Waals surface area contributed by atoms with Crippen molar-refractivity contribution in [3.8, 4) is 0 Å². The lowest BCUT2D eigenvalue weighted by atomic mass is 9.94. The zero-order valence-corrected chi connectivity index (χ0v) is 10.6. The van der Waals surface area contributed by atoms with Crippen LogP contribution in [0.15, 0.2) is 0 Å². The number of halogens is 3. The van der Waals surface area contributed by atoms with Crippen molar-refractivity contribution in [1.82, 2.24) is 10.6 Å². The van der Waals surface area contributed by atoms with Crippen LogP contribution in [-0.2, 0) is 9.53 Å². The summed E-state index contributed by atoms with van der Waals surface area (Å²) in [5.41, 5.74) is -0.296. The van der Waals surface area contributed by atoms with Gasteiger partial charge in [0, 0.05) is 12.6 Å². The van der Waals surface area contributed by atoms with Crippen LogP contribution in [0, 0.1) is 0 Å². The van der Waals surface area contributed by atoms with Crippen molar-refractivity contribution in [3.05, 3.63) is 0 Å². The van der Waals surface area contributed by atoms with Crippen LogP contribution in [0.3, 0.4) is 0 Å². The number of ether oxygens (including phenoxy) is 1. The molecular formula is C11H19F3N2O2. The van der Waals surface area contributed by atoms with Crippen molar-refractivity contribution in [1.29, 1.82) is 0 Å². The van der Waals surface area contributed by atoms with Crippen LogP contribution >= 0.6 is 0 Å². The maximum Gasteiger partial charge on any atom is 0.401 e. The van der Waals surface area contributed by atoms with E-state index in [1.54, 1.807) is 0 Å². The van der Waals surface area contributed by atoms with Gasteiger partial charge in [-0.15, -0.1) is 0 Å². The Balaban J connectivity index is 2.24. The first kappa shape index (κ1) is 15.2. The molecule has 1 fully saturated rings. The number of carbonyl (C=O) groups excluding carboxylic acids is 1. The first-order valence-electron chi connectivity index (χ1n) is 5.89. The second kappa shape index (κ2) is 5.88. The minimum absolute atomic E-state index is 0.0334. The average Bonchev–Trinajstić information content (AvgIpc) is 2.13. The summed E-state index contributed by atoms with van der Waals surface area (Å²) in [7, 11) is 0. The highest BCUT2D eigenvalue weighted by Crippen LogP contribution is 2.23. The molecule has 7 heteroatoms. The quantitative estimate of drug-likeness (QED) is 0.806. The van der Waals surface area contributed by atoms with Gasteiger partial charge in [0.15, 0.2) is 0 Å². The second-order valence-corrected chi connectivity index (χ2v) is 5.08. The number of nitrogens with one attached hydrogen (secondary N) is 2. The standard InChI is InChI=1S/C11H19F3N2O2/c1-10(2)5-8(3-4-18-10)16-9(17)6-15-7-11(12,13)14/h8,15H,3-7H2,1-2H3,(H,16,17). The molecule has 106 valence electrons. The summed E-state index contributed by atoms with van der Waals surface area (Å²) in [6.07, 6.45) is -2.94. The van der Waals surface area contributed by atoms with Crippen molar-refractivity contribution >= 4 is 5.91 Å². The molecular weight excluding hydrogens is 249 g/mol. The first-order chi connectivity index (χ1) is 8.18. The maximum absolute atomic E-state index is 11.9. The van der Waals surface area contributed by atoms with Gasteiger partial charge in [-0.1, -0.05) is 0 Å². The van der Waals surface area contributed by atoms with E-state index < -0.39 is 18.6 Å². The van der Waals surface area contributed by atoms with E-state index in [1.165, 1.54) is 0 Å². The molecule has 0 radical (unpaired) electrons. The van der Waals surface area contributed by atoms with Crippen molar-refractivity contribution in [2.24, 2.45) is 0 Å². The number of amides is 1. The van der Waals surface area contributed by atoms with Gasteiger partial charge in [0.25, 0.3) is 0 Å². The third kappa shape index (κ3) is 6.20. The van der Waals surface area contributed by atoms with Gasteiger partial charge in [0.05, 0.1) is 18.7 Å². The first-order valence-corrected chi connectivity index (χ1v) is 5.89. The van der Waals surface area contributed by atoms with E-state index in [0.717, 1.165) is 0 Å². The predicted molar refractivity (Wildman–Crippen MR) is 60.1 cm³/mol. The fraction of sp³-hybridized carbons (Fsp3) is 0.909. The number of alkyl halides is 3. The Bertz CT molecular complexity index is 293. The third-order valence-corrected chi connectivity index (χ3v) is 2.67. The fourth-order valence-corrected chi connectivity index (χ4v) is 1.95. The Morgan fingerprint density at radius 1 is 1.44 bits per heavy atom. The Morgan fingerprint density at radius 3 is 2.67 bits per heavy atom. The monoisotopic (exact) mass is 268 g/mol. The van der Waals surface area contributed by atoms with Crippen molar-refractivity contribution in [3.63, 3.8) is 0 Å². The Hall–Kier alpha value is -0.820. The van der Waals surface area contributed by atoms with Gasteiger partial charge in [-0.3, -0.25) is 4.79 Å². The molecule has 1 saturated heterocycles. The molecule has 0 spiro atoms. The summed E-state index contributed by atoms with van der Waals surface area (Å²) in [4.78, 5) is 11.4. The number of carbonyl (C=O) groups is 1. The zero-order valence-electron chi connectivity index (χ0n) is 10.6. The van der Waals surface area contributed by atoms with E-state index in [1.807, 2.05) is 13.8 Å². The van der Waals surface area contributed by atoms with Gasteiger partial charge >= 0.3 is 6.18 Å². The molecule has 0 aromatic rings. The minimum Gasteiger partial charge on any atom is -0.375 e. The lowest BCUT2D eigenvalue weighted by Crippen LogP contribution is -2.48. The predicted octanol–water partition coefficient (Wildman–Crippen LogP) is 1.21. The lowest BCUT2D eigenvalue weighted by Gasteiger charge is -2.35. The van der Waals surface area contributed by atoms with Gasteiger partial charge in [-0.25, -0.2) is 0 Å². The van der Waals surface area contributed by atoms with Crippen LogP contribution in [0.4, 0.5) is 13.2 Å². The molecule has 1 heterocycles. The van der Waals surface area contributed by atoms with Crippen LogP contribution in [0.25, 0.3) is 0 Å². The topological polar surface area (TPSA) is 50.4 Å². The number of hydrogen-bond donors (Lipinski definition) is 2. The van der Waals surface area contributed by atoms with Gasteiger partial charge in [0.1, 0.15) is 0 Å². The molecule has 0 aromatic heterocycles. The third-order valence-electron chi connectivity index (χ3n) is 2.67. The molecule has 1 aliphatic heterocycles. The van der Waals surface area contributed by atoms with Gasteiger partial charge in [-0.05, 0) is 26.7 Å². The molecule has 1 atom stereocenters. The van der Waals surface area contributed by atoms with Crippen molar-refractivity contribution in [2.75, 3.05) is 19.7 Å². The molecule has 1 amide bonds. The van der Waals surface area contributed by atoms with E-state index in [-0.39, 0.29) is 18.2 Å². The van der Waals surface area contributed by atoms with E-state index in [4.69, 9.17) is 4.74 Å². The molecule has 0 bridgehead atoms. The fourth-order valence-electron chi connectivity index (χ4n) is 1.95. The molecule has 18 heavy (non-hydrogen) atoms. The second-order valence-electron chi connectivity index (χ2n) is 5.08. The largest absolute Gasteiger partial charge is 0.401 e. The van der Waals surface area contributed by atoms with E-state index in [9.17, 15) is 18.0 Å². The summed E-state index contributed by atoms with van der Waals surface area (Å²) in [6.45, 7) is 2.92. The van der Waals surface area contributed by atoms with E-state index in [0.29, 0.717) is 19.4 Å². The van der Waals surface area contributed by atoms with Crippen LogP contribution in [0.5, 0.6) is 0 Å². The van der Waals surface area contributed by atoms with Crippen LogP contribution < -0.4 is 10.6 Å². The van der Waals surface area contributed by atoms with Crippen molar-refractivity contribution < 1.29 is 22.7 Å².